The molecule has 1 rings (SSSR count). The van der Waals surface area contributed by atoms with Crippen molar-refractivity contribution in [1.82, 2.24) is 4.31 Å². The molecule has 0 spiro atoms. The fourth-order valence-electron chi connectivity index (χ4n) is 3.52. The van der Waals surface area contributed by atoms with Crippen LogP contribution in [0.1, 0.15) is 77.6 Å². The quantitative estimate of drug-likeness (QED) is 0.372. The first-order valence-electron chi connectivity index (χ1n) is 10.9. The molecular weight excluding hydrogens is 374 g/mol. The van der Waals surface area contributed by atoms with Gasteiger partial charge < -0.3 is 10.2 Å². The number of hydrogen-bond acceptors (Lipinski definition) is 4. The largest absolute Gasteiger partial charge is 0.395 e. The number of hydrogen-bond donors (Lipinski definition) is 2. The van der Waals surface area contributed by atoms with Gasteiger partial charge in [-0.2, -0.15) is 4.31 Å². The number of unbranched alkanes of at least 4 members (excludes halogenated alkanes) is 9. The van der Waals surface area contributed by atoms with Gasteiger partial charge in [-0.3, -0.25) is 0 Å². The highest BCUT2D eigenvalue weighted by Gasteiger charge is 2.30. The van der Waals surface area contributed by atoms with Crippen molar-refractivity contribution in [1.29, 1.82) is 0 Å². The maximum atomic E-state index is 12.9. The van der Waals surface area contributed by atoms with Gasteiger partial charge in [-0.25, -0.2) is 8.42 Å². The summed E-state index contributed by atoms with van der Waals surface area (Å²) in [6.45, 7) is 1.73. The van der Waals surface area contributed by atoms with E-state index in [2.05, 4.69) is 6.92 Å². The smallest absolute Gasteiger partial charge is 0.243 e. The summed E-state index contributed by atoms with van der Waals surface area (Å²) in [5, 5.41) is 19.1. The van der Waals surface area contributed by atoms with E-state index >= 15 is 0 Å². The molecule has 28 heavy (non-hydrogen) atoms. The van der Waals surface area contributed by atoms with Crippen molar-refractivity contribution in [2.24, 2.45) is 0 Å². The lowest BCUT2D eigenvalue weighted by atomic mass is 10.0. The first kappa shape index (κ1) is 25.1. The van der Waals surface area contributed by atoms with Gasteiger partial charge in [0.1, 0.15) is 0 Å². The second-order valence-electron chi connectivity index (χ2n) is 7.46. The van der Waals surface area contributed by atoms with Crippen LogP contribution in [0.15, 0.2) is 35.2 Å². The average molecular weight is 414 g/mol. The van der Waals surface area contributed by atoms with Crippen LogP contribution < -0.4 is 0 Å². The Bertz CT molecular complexity index is 592. The molecule has 0 radical (unpaired) electrons. The minimum absolute atomic E-state index is 0.000213. The molecule has 162 valence electrons. The Morgan fingerprint density at radius 2 is 1.39 bits per heavy atom. The zero-order chi connectivity index (χ0) is 20.7. The van der Waals surface area contributed by atoms with Gasteiger partial charge in [-0.1, -0.05) is 89.3 Å². The van der Waals surface area contributed by atoms with Gasteiger partial charge in [0.15, 0.2) is 0 Å². The van der Waals surface area contributed by atoms with Crippen LogP contribution in [0, 0.1) is 0 Å². The molecule has 0 amide bonds. The Labute approximate surface area is 171 Å². The summed E-state index contributed by atoms with van der Waals surface area (Å²) in [5.41, 5.74) is 0. The van der Waals surface area contributed by atoms with Gasteiger partial charge in [0.25, 0.3) is 0 Å². The minimum atomic E-state index is -3.72. The molecular formula is C22H39NO4S. The van der Waals surface area contributed by atoms with Gasteiger partial charge in [0.05, 0.1) is 18.1 Å². The predicted octanol–water partition coefficient (Wildman–Crippen LogP) is 4.34. The highest BCUT2D eigenvalue weighted by Crippen LogP contribution is 2.21. The van der Waals surface area contributed by atoms with E-state index in [1.165, 1.54) is 49.3 Å². The molecule has 0 aromatic heterocycles. The fourth-order valence-corrected chi connectivity index (χ4v) is 5.18. The van der Waals surface area contributed by atoms with Crippen molar-refractivity contribution in [3.8, 4) is 0 Å². The molecule has 1 unspecified atom stereocenters. The molecule has 0 saturated heterocycles. The van der Waals surface area contributed by atoms with Crippen molar-refractivity contribution in [3.05, 3.63) is 30.3 Å². The fraction of sp³-hybridized carbons (Fsp3) is 0.727. The van der Waals surface area contributed by atoms with E-state index < -0.39 is 16.1 Å². The van der Waals surface area contributed by atoms with Crippen LogP contribution in [-0.4, -0.2) is 48.7 Å². The number of rotatable bonds is 17. The number of aliphatic hydroxyl groups excluding tert-OH is 2. The first-order chi connectivity index (χ1) is 13.6. The van der Waals surface area contributed by atoms with Gasteiger partial charge in [-0.15, -0.1) is 0 Å². The SMILES string of the molecule is CCCCCCCCCCCCC(CO)N(CCO)S(=O)(=O)c1ccccc1. The number of aliphatic hydroxyl groups is 2. The lowest BCUT2D eigenvalue weighted by Crippen LogP contribution is -2.44. The van der Waals surface area contributed by atoms with Crippen molar-refractivity contribution in [2.45, 2.75) is 88.5 Å². The van der Waals surface area contributed by atoms with Crippen LogP contribution in [0.4, 0.5) is 0 Å². The molecule has 5 nitrogen and oxygen atoms in total. The summed E-state index contributed by atoms with van der Waals surface area (Å²) in [7, 11) is -3.72. The van der Waals surface area contributed by atoms with E-state index in [9.17, 15) is 18.6 Å². The molecule has 0 saturated carbocycles. The normalized spacial score (nSPS) is 13.1. The zero-order valence-corrected chi connectivity index (χ0v) is 18.2. The summed E-state index contributed by atoms with van der Waals surface area (Å²) in [5.74, 6) is 0. The number of benzene rings is 1. The van der Waals surface area contributed by atoms with Crippen LogP contribution in [0.25, 0.3) is 0 Å². The third-order valence-corrected chi connectivity index (χ3v) is 7.15. The standard InChI is InChI=1S/C22H39NO4S/c1-2-3-4-5-6-7-8-9-10-12-15-21(20-25)23(18-19-24)28(26,27)22-16-13-11-14-17-22/h11,13-14,16-17,21,24-25H,2-10,12,15,18-20H2,1H3. The van der Waals surface area contributed by atoms with Gasteiger partial charge >= 0.3 is 0 Å². The van der Waals surface area contributed by atoms with E-state index in [0.717, 1.165) is 19.3 Å². The van der Waals surface area contributed by atoms with Crippen LogP contribution in [0.2, 0.25) is 0 Å². The lowest BCUT2D eigenvalue weighted by molar-refractivity contribution is 0.155. The predicted molar refractivity (Wildman–Crippen MR) is 115 cm³/mol. The van der Waals surface area contributed by atoms with E-state index in [1.54, 1.807) is 30.3 Å². The molecule has 6 heteroatoms. The topological polar surface area (TPSA) is 77.8 Å². The molecule has 1 aromatic carbocycles. The lowest BCUT2D eigenvalue weighted by Gasteiger charge is -2.29. The van der Waals surface area contributed by atoms with Crippen molar-refractivity contribution < 1.29 is 18.6 Å². The second-order valence-corrected chi connectivity index (χ2v) is 9.35. The van der Waals surface area contributed by atoms with Gasteiger partial charge in [-0.05, 0) is 18.6 Å². The molecule has 1 atom stereocenters. The Hall–Kier alpha value is -0.950. The maximum absolute atomic E-state index is 12.9. The Morgan fingerprint density at radius 1 is 0.857 bits per heavy atom. The summed E-state index contributed by atoms with van der Waals surface area (Å²) in [6.07, 6.45) is 12.8. The molecule has 0 aliphatic carbocycles. The van der Waals surface area contributed by atoms with Crippen LogP contribution in [0.5, 0.6) is 0 Å². The number of sulfonamides is 1. The van der Waals surface area contributed by atoms with E-state index in [-0.39, 0.29) is 24.7 Å². The summed E-state index contributed by atoms with van der Waals surface area (Å²) in [6, 6.07) is 7.73. The summed E-state index contributed by atoms with van der Waals surface area (Å²) >= 11 is 0. The third-order valence-electron chi connectivity index (χ3n) is 5.18. The second kappa shape index (κ2) is 15.0. The van der Waals surface area contributed by atoms with Crippen LogP contribution >= 0.6 is 0 Å². The Kier molecular flexibility index (Phi) is 13.4. The van der Waals surface area contributed by atoms with Crippen molar-refractivity contribution in [2.75, 3.05) is 19.8 Å². The van der Waals surface area contributed by atoms with Crippen LogP contribution in [0.3, 0.4) is 0 Å². The van der Waals surface area contributed by atoms with E-state index in [4.69, 9.17) is 0 Å². The molecule has 1 aromatic rings. The summed E-state index contributed by atoms with van der Waals surface area (Å²) < 4.78 is 27.1. The summed E-state index contributed by atoms with van der Waals surface area (Å²) in [4.78, 5) is 0.199. The first-order valence-corrected chi connectivity index (χ1v) is 12.3. The van der Waals surface area contributed by atoms with Crippen molar-refractivity contribution >= 4 is 10.0 Å². The van der Waals surface area contributed by atoms with E-state index in [1.807, 2.05) is 0 Å². The third kappa shape index (κ3) is 9.03. The van der Waals surface area contributed by atoms with Crippen LogP contribution in [-0.2, 0) is 10.0 Å². The monoisotopic (exact) mass is 413 g/mol. The minimum Gasteiger partial charge on any atom is -0.395 e. The maximum Gasteiger partial charge on any atom is 0.243 e. The molecule has 0 heterocycles. The highest BCUT2D eigenvalue weighted by atomic mass is 32.2. The molecule has 2 N–H and O–H groups in total. The average Bonchev–Trinajstić information content (AvgIpc) is 2.71. The van der Waals surface area contributed by atoms with Gasteiger partial charge in [0.2, 0.25) is 10.0 Å². The molecule has 0 aliphatic rings. The molecule has 0 bridgehead atoms. The van der Waals surface area contributed by atoms with E-state index in [0.29, 0.717) is 6.42 Å². The van der Waals surface area contributed by atoms with Crippen molar-refractivity contribution in [3.63, 3.8) is 0 Å². The van der Waals surface area contributed by atoms with Gasteiger partial charge in [0, 0.05) is 12.6 Å². The highest BCUT2D eigenvalue weighted by molar-refractivity contribution is 7.89. The number of nitrogens with zero attached hydrogens (tertiary/aromatic N) is 1. The Morgan fingerprint density at radius 3 is 1.89 bits per heavy atom. The Balaban J connectivity index is 2.44. The molecule has 0 fully saturated rings. The zero-order valence-electron chi connectivity index (χ0n) is 17.4. The molecule has 0 aliphatic heterocycles.